The predicted molar refractivity (Wildman–Crippen MR) is 65.7 cm³/mol. The zero-order valence-electron chi connectivity index (χ0n) is 9.34. The highest BCUT2D eigenvalue weighted by Gasteiger charge is 2.20. The largest absolute Gasteiger partial charge is 0.284 e. The Morgan fingerprint density at radius 3 is 2.59 bits per heavy atom. The molecule has 0 fully saturated rings. The van der Waals surface area contributed by atoms with E-state index >= 15 is 0 Å². The van der Waals surface area contributed by atoms with Gasteiger partial charge < -0.3 is 0 Å². The van der Waals surface area contributed by atoms with Crippen molar-refractivity contribution in [3.63, 3.8) is 0 Å². The SMILES string of the molecule is CCSc1ccc(S(=O)(=O)NC)cc1[N+](=O)[O-]. The van der Waals surface area contributed by atoms with Crippen molar-refractivity contribution in [1.82, 2.24) is 4.72 Å². The normalized spacial score (nSPS) is 11.4. The Balaban J connectivity index is 3.33. The lowest BCUT2D eigenvalue weighted by Gasteiger charge is -2.05. The molecule has 94 valence electrons. The van der Waals surface area contributed by atoms with E-state index in [0.717, 1.165) is 6.07 Å². The first-order valence-corrected chi connectivity index (χ1v) is 7.24. The van der Waals surface area contributed by atoms with E-state index in [1.165, 1.54) is 30.9 Å². The monoisotopic (exact) mass is 276 g/mol. The van der Waals surface area contributed by atoms with Crippen molar-refractivity contribution in [3.8, 4) is 0 Å². The first-order valence-electron chi connectivity index (χ1n) is 4.77. The summed E-state index contributed by atoms with van der Waals surface area (Å²) in [6.45, 7) is 1.87. The summed E-state index contributed by atoms with van der Waals surface area (Å²) >= 11 is 1.30. The number of nitrogens with zero attached hydrogens (tertiary/aromatic N) is 1. The van der Waals surface area contributed by atoms with E-state index in [4.69, 9.17) is 0 Å². The Kier molecular flexibility index (Phi) is 4.49. The Morgan fingerprint density at radius 1 is 1.47 bits per heavy atom. The highest BCUT2D eigenvalue weighted by Crippen LogP contribution is 2.30. The number of nitro groups is 1. The number of hydrogen-bond donors (Lipinski definition) is 1. The second-order valence-electron chi connectivity index (χ2n) is 3.03. The predicted octanol–water partition coefficient (Wildman–Crippen LogP) is 1.61. The third-order valence-electron chi connectivity index (χ3n) is 2.01. The van der Waals surface area contributed by atoms with Crippen molar-refractivity contribution in [2.24, 2.45) is 0 Å². The van der Waals surface area contributed by atoms with Gasteiger partial charge in [-0.25, -0.2) is 13.1 Å². The third kappa shape index (κ3) is 3.18. The number of sulfonamides is 1. The van der Waals surface area contributed by atoms with Crippen LogP contribution in [0, 0.1) is 10.1 Å². The standard InChI is InChI=1S/C9H12N2O4S2/c1-3-16-9-5-4-7(17(14,15)10-2)6-8(9)11(12)13/h4-6,10H,3H2,1-2H3. The Morgan fingerprint density at radius 2 is 2.12 bits per heavy atom. The minimum Gasteiger partial charge on any atom is -0.258 e. The molecule has 8 heteroatoms. The minimum absolute atomic E-state index is 0.104. The second kappa shape index (κ2) is 5.48. The van der Waals surface area contributed by atoms with Crippen LogP contribution in [0.4, 0.5) is 5.69 Å². The van der Waals surface area contributed by atoms with Crippen LogP contribution in [-0.4, -0.2) is 26.1 Å². The number of nitro benzene ring substituents is 1. The summed E-state index contributed by atoms with van der Waals surface area (Å²) < 4.78 is 25.1. The van der Waals surface area contributed by atoms with Crippen LogP contribution < -0.4 is 4.72 Å². The molecule has 0 unspecified atom stereocenters. The van der Waals surface area contributed by atoms with Crippen molar-refractivity contribution >= 4 is 27.5 Å². The third-order valence-corrected chi connectivity index (χ3v) is 4.36. The summed E-state index contributed by atoms with van der Waals surface area (Å²) in [6.07, 6.45) is 0. The molecule has 0 atom stereocenters. The maximum absolute atomic E-state index is 11.5. The molecule has 1 aromatic rings. The highest BCUT2D eigenvalue weighted by atomic mass is 32.2. The average molecular weight is 276 g/mol. The quantitative estimate of drug-likeness (QED) is 0.501. The van der Waals surface area contributed by atoms with Crippen molar-refractivity contribution in [3.05, 3.63) is 28.3 Å². The van der Waals surface area contributed by atoms with Gasteiger partial charge in [0, 0.05) is 6.07 Å². The molecule has 0 radical (unpaired) electrons. The van der Waals surface area contributed by atoms with Crippen LogP contribution >= 0.6 is 11.8 Å². The number of rotatable bonds is 5. The second-order valence-corrected chi connectivity index (χ2v) is 6.22. The minimum atomic E-state index is -3.65. The van der Waals surface area contributed by atoms with Gasteiger partial charge in [0.05, 0.1) is 14.7 Å². The van der Waals surface area contributed by atoms with E-state index in [1.54, 1.807) is 0 Å². The average Bonchev–Trinajstić information content (AvgIpc) is 2.29. The molecule has 0 aliphatic rings. The fourth-order valence-corrected chi connectivity index (χ4v) is 2.71. The molecule has 1 N–H and O–H groups in total. The van der Waals surface area contributed by atoms with Crippen LogP contribution in [-0.2, 0) is 10.0 Å². The molecular formula is C9H12N2O4S2. The smallest absolute Gasteiger partial charge is 0.258 e. The maximum atomic E-state index is 11.5. The van der Waals surface area contributed by atoms with Gasteiger partial charge in [0.1, 0.15) is 0 Å². The van der Waals surface area contributed by atoms with E-state index in [-0.39, 0.29) is 10.6 Å². The summed E-state index contributed by atoms with van der Waals surface area (Å²) in [5.41, 5.74) is -0.187. The van der Waals surface area contributed by atoms with E-state index in [0.29, 0.717) is 10.6 Å². The van der Waals surface area contributed by atoms with Gasteiger partial charge >= 0.3 is 0 Å². The fourth-order valence-electron chi connectivity index (χ4n) is 1.20. The summed E-state index contributed by atoms with van der Waals surface area (Å²) in [4.78, 5) is 10.6. The molecule has 0 aliphatic heterocycles. The summed E-state index contributed by atoms with van der Waals surface area (Å²) in [5, 5.41) is 10.8. The van der Waals surface area contributed by atoms with Crippen LogP contribution in [0.15, 0.2) is 28.0 Å². The van der Waals surface area contributed by atoms with Crippen LogP contribution in [0.2, 0.25) is 0 Å². The van der Waals surface area contributed by atoms with E-state index in [9.17, 15) is 18.5 Å². The first-order chi connectivity index (χ1) is 7.92. The van der Waals surface area contributed by atoms with Gasteiger partial charge in [0.25, 0.3) is 5.69 Å². The van der Waals surface area contributed by atoms with Crippen molar-refractivity contribution in [2.75, 3.05) is 12.8 Å². The Bertz CT molecular complexity index is 528. The Labute approximate surface area is 104 Å². The van der Waals surface area contributed by atoms with Gasteiger partial charge in [-0.2, -0.15) is 0 Å². The van der Waals surface area contributed by atoms with Gasteiger partial charge in [-0.15, -0.1) is 11.8 Å². The van der Waals surface area contributed by atoms with Crippen LogP contribution in [0.3, 0.4) is 0 Å². The lowest BCUT2D eigenvalue weighted by Crippen LogP contribution is -2.18. The van der Waals surface area contributed by atoms with E-state index in [1.807, 2.05) is 6.92 Å². The fraction of sp³-hybridized carbons (Fsp3) is 0.333. The van der Waals surface area contributed by atoms with Crippen LogP contribution in [0.5, 0.6) is 0 Å². The lowest BCUT2D eigenvalue weighted by molar-refractivity contribution is -0.388. The molecule has 1 aromatic carbocycles. The topological polar surface area (TPSA) is 89.3 Å². The van der Waals surface area contributed by atoms with Crippen molar-refractivity contribution in [1.29, 1.82) is 0 Å². The highest BCUT2D eigenvalue weighted by molar-refractivity contribution is 7.99. The number of thioether (sulfide) groups is 1. The summed E-state index contributed by atoms with van der Waals surface area (Å²) in [5.74, 6) is 0.680. The lowest BCUT2D eigenvalue weighted by atomic mass is 10.3. The molecular weight excluding hydrogens is 264 g/mol. The molecule has 1 rings (SSSR count). The van der Waals surface area contributed by atoms with Gasteiger partial charge in [-0.1, -0.05) is 6.92 Å². The van der Waals surface area contributed by atoms with Gasteiger partial charge in [0.15, 0.2) is 0 Å². The van der Waals surface area contributed by atoms with E-state index in [2.05, 4.69) is 4.72 Å². The Hall–Kier alpha value is -1.12. The zero-order valence-corrected chi connectivity index (χ0v) is 11.0. The van der Waals surface area contributed by atoms with Crippen LogP contribution in [0.1, 0.15) is 6.92 Å². The van der Waals surface area contributed by atoms with Gasteiger partial charge in [-0.3, -0.25) is 10.1 Å². The molecule has 0 bridgehead atoms. The number of hydrogen-bond acceptors (Lipinski definition) is 5. The molecule has 0 aliphatic carbocycles. The molecule has 0 heterocycles. The molecule has 0 amide bonds. The first kappa shape index (κ1) is 13.9. The summed E-state index contributed by atoms with van der Waals surface area (Å²) in [6, 6.07) is 3.89. The molecule has 6 nitrogen and oxygen atoms in total. The molecule has 0 aromatic heterocycles. The zero-order chi connectivity index (χ0) is 13.1. The van der Waals surface area contributed by atoms with Gasteiger partial charge in [0.2, 0.25) is 10.0 Å². The molecule has 17 heavy (non-hydrogen) atoms. The summed E-state index contributed by atoms with van der Waals surface area (Å²) in [7, 11) is -2.39. The van der Waals surface area contributed by atoms with Crippen LogP contribution in [0.25, 0.3) is 0 Å². The molecule has 0 spiro atoms. The number of nitrogens with one attached hydrogen (secondary N) is 1. The molecule has 0 saturated heterocycles. The van der Waals surface area contributed by atoms with Gasteiger partial charge in [-0.05, 0) is 24.9 Å². The molecule has 0 saturated carbocycles. The maximum Gasteiger partial charge on any atom is 0.284 e. The van der Waals surface area contributed by atoms with Crippen molar-refractivity contribution < 1.29 is 13.3 Å². The van der Waals surface area contributed by atoms with E-state index < -0.39 is 14.9 Å². The number of benzene rings is 1. The van der Waals surface area contributed by atoms with Crippen molar-refractivity contribution in [2.45, 2.75) is 16.7 Å².